The van der Waals surface area contributed by atoms with Gasteiger partial charge < -0.3 is 0 Å². The number of aryl methyl sites for hydroxylation is 1. The molecule has 2 rings (SSSR count). The summed E-state index contributed by atoms with van der Waals surface area (Å²) in [5.41, 5.74) is -0.227. The summed E-state index contributed by atoms with van der Waals surface area (Å²) in [5, 5.41) is 0.830. The molecule has 1 aromatic heterocycles. The maximum absolute atomic E-state index is 12.6. The van der Waals surface area contributed by atoms with Crippen molar-refractivity contribution in [2.24, 2.45) is 0 Å². The summed E-state index contributed by atoms with van der Waals surface area (Å²) in [4.78, 5) is 3.58. The fourth-order valence-electron chi connectivity index (χ4n) is 1.56. The number of alkyl halides is 3. The molecule has 0 bridgehead atoms. The first-order valence-corrected chi connectivity index (χ1v) is 5.38. The van der Waals surface area contributed by atoms with Gasteiger partial charge in [0.2, 0.25) is 0 Å². The van der Waals surface area contributed by atoms with E-state index in [-0.39, 0.29) is 10.5 Å². The SMILES string of the molecule is Cc1cc(Cl)cc2c(Cl)cc(C(F)(F)F)nc12. The molecular formula is C11H6Cl2F3N. The highest BCUT2D eigenvalue weighted by molar-refractivity contribution is 6.36. The topological polar surface area (TPSA) is 12.9 Å². The lowest BCUT2D eigenvalue weighted by atomic mass is 10.1. The third-order valence-corrected chi connectivity index (χ3v) is 2.84. The number of nitrogens with zero attached hydrogens (tertiary/aromatic N) is 1. The van der Waals surface area contributed by atoms with Crippen LogP contribution in [-0.4, -0.2) is 4.98 Å². The number of fused-ring (bicyclic) bond motifs is 1. The fourth-order valence-corrected chi connectivity index (χ4v) is 2.08. The second kappa shape index (κ2) is 4.03. The highest BCUT2D eigenvalue weighted by atomic mass is 35.5. The Labute approximate surface area is 105 Å². The summed E-state index contributed by atoms with van der Waals surface area (Å²) in [5.74, 6) is 0. The summed E-state index contributed by atoms with van der Waals surface area (Å²) >= 11 is 11.6. The lowest BCUT2D eigenvalue weighted by molar-refractivity contribution is -0.140. The second-order valence-electron chi connectivity index (χ2n) is 3.61. The Hall–Kier alpha value is -1.00. The Balaban J connectivity index is 2.83. The molecule has 1 heterocycles. The molecule has 0 aliphatic rings. The summed E-state index contributed by atoms with van der Waals surface area (Å²) in [7, 11) is 0. The third-order valence-electron chi connectivity index (χ3n) is 2.31. The van der Waals surface area contributed by atoms with Gasteiger partial charge in [0.1, 0.15) is 5.69 Å². The molecule has 1 aromatic carbocycles. The van der Waals surface area contributed by atoms with Crippen molar-refractivity contribution in [1.29, 1.82) is 0 Å². The molecule has 0 spiro atoms. The Morgan fingerprint density at radius 3 is 2.35 bits per heavy atom. The van der Waals surface area contributed by atoms with E-state index in [1.807, 2.05) is 0 Å². The van der Waals surface area contributed by atoms with Crippen LogP contribution in [0.5, 0.6) is 0 Å². The van der Waals surface area contributed by atoms with Crippen molar-refractivity contribution in [1.82, 2.24) is 4.98 Å². The highest BCUT2D eigenvalue weighted by Crippen LogP contribution is 2.34. The van der Waals surface area contributed by atoms with E-state index >= 15 is 0 Å². The van der Waals surface area contributed by atoms with E-state index in [1.54, 1.807) is 13.0 Å². The van der Waals surface area contributed by atoms with Crippen molar-refractivity contribution in [2.75, 3.05) is 0 Å². The van der Waals surface area contributed by atoms with Crippen LogP contribution in [0.1, 0.15) is 11.3 Å². The Kier molecular flexibility index (Phi) is 2.96. The minimum Gasteiger partial charge on any atom is -0.243 e. The summed E-state index contributed by atoms with van der Waals surface area (Å²) in [6, 6.07) is 3.85. The molecule has 0 amide bonds. The van der Waals surface area contributed by atoms with Crippen molar-refractivity contribution < 1.29 is 13.2 Å². The van der Waals surface area contributed by atoms with E-state index in [2.05, 4.69) is 4.98 Å². The lowest BCUT2D eigenvalue weighted by Crippen LogP contribution is -2.08. The molecule has 6 heteroatoms. The number of benzene rings is 1. The molecule has 2 aromatic rings. The zero-order valence-corrected chi connectivity index (χ0v) is 10.1. The Morgan fingerprint density at radius 2 is 1.76 bits per heavy atom. The van der Waals surface area contributed by atoms with E-state index in [0.717, 1.165) is 6.07 Å². The van der Waals surface area contributed by atoms with Gasteiger partial charge in [0, 0.05) is 10.4 Å². The largest absolute Gasteiger partial charge is 0.433 e. The van der Waals surface area contributed by atoms with Crippen LogP contribution < -0.4 is 0 Å². The van der Waals surface area contributed by atoms with Crippen molar-refractivity contribution in [3.8, 4) is 0 Å². The molecule has 0 aliphatic heterocycles. The smallest absolute Gasteiger partial charge is 0.243 e. The van der Waals surface area contributed by atoms with Crippen molar-refractivity contribution in [3.63, 3.8) is 0 Å². The van der Waals surface area contributed by atoms with Crippen LogP contribution in [0, 0.1) is 6.92 Å². The zero-order valence-electron chi connectivity index (χ0n) is 8.57. The van der Waals surface area contributed by atoms with Gasteiger partial charge in [-0.05, 0) is 30.7 Å². The van der Waals surface area contributed by atoms with Gasteiger partial charge in [-0.25, -0.2) is 4.98 Å². The summed E-state index contributed by atoms with van der Waals surface area (Å²) in [6.45, 7) is 1.64. The monoisotopic (exact) mass is 279 g/mol. The van der Waals surface area contributed by atoms with Gasteiger partial charge in [-0.2, -0.15) is 13.2 Å². The Bertz CT molecular complexity index is 593. The van der Waals surface area contributed by atoms with E-state index in [1.165, 1.54) is 6.07 Å². The van der Waals surface area contributed by atoms with Gasteiger partial charge in [0.25, 0.3) is 0 Å². The third kappa shape index (κ3) is 2.33. The number of rotatable bonds is 0. The quantitative estimate of drug-likeness (QED) is 0.671. The van der Waals surface area contributed by atoms with Crippen molar-refractivity contribution in [2.45, 2.75) is 13.1 Å². The molecule has 0 radical (unpaired) electrons. The first kappa shape index (κ1) is 12.5. The minimum absolute atomic E-state index is 0.00655. The van der Waals surface area contributed by atoms with Crippen LogP contribution in [0.25, 0.3) is 10.9 Å². The molecular weight excluding hydrogens is 274 g/mol. The van der Waals surface area contributed by atoms with Crippen LogP contribution in [-0.2, 0) is 6.18 Å². The predicted molar refractivity (Wildman–Crippen MR) is 61.5 cm³/mol. The molecule has 90 valence electrons. The van der Waals surface area contributed by atoms with E-state index < -0.39 is 11.9 Å². The highest BCUT2D eigenvalue weighted by Gasteiger charge is 2.33. The lowest BCUT2D eigenvalue weighted by Gasteiger charge is -2.10. The van der Waals surface area contributed by atoms with Gasteiger partial charge in [-0.3, -0.25) is 0 Å². The predicted octanol–water partition coefficient (Wildman–Crippen LogP) is 4.87. The molecule has 0 unspecified atom stereocenters. The second-order valence-corrected chi connectivity index (χ2v) is 4.45. The number of pyridine rings is 1. The van der Waals surface area contributed by atoms with Crippen molar-refractivity contribution >= 4 is 34.1 Å². The van der Waals surface area contributed by atoms with Gasteiger partial charge in [-0.15, -0.1) is 0 Å². The molecule has 0 atom stereocenters. The zero-order chi connectivity index (χ0) is 12.8. The average Bonchev–Trinajstić information content (AvgIpc) is 2.17. The van der Waals surface area contributed by atoms with Gasteiger partial charge in [0.15, 0.2) is 0 Å². The van der Waals surface area contributed by atoms with Crippen LogP contribution in [0.4, 0.5) is 13.2 Å². The fraction of sp³-hybridized carbons (Fsp3) is 0.182. The summed E-state index contributed by atoms with van der Waals surface area (Å²) in [6.07, 6.45) is -4.51. The van der Waals surface area contributed by atoms with E-state index in [4.69, 9.17) is 23.2 Å². The van der Waals surface area contributed by atoms with Crippen LogP contribution in [0.2, 0.25) is 10.0 Å². The maximum atomic E-state index is 12.6. The number of halogens is 5. The van der Waals surface area contributed by atoms with Crippen LogP contribution in [0.15, 0.2) is 18.2 Å². The number of hydrogen-bond donors (Lipinski definition) is 0. The molecule has 0 saturated carbocycles. The Morgan fingerprint density at radius 1 is 1.12 bits per heavy atom. The molecule has 17 heavy (non-hydrogen) atoms. The minimum atomic E-state index is -4.51. The van der Waals surface area contributed by atoms with Gasteiger partial charge in [-0.1, -0.05) is 23.2 Å². The molecule has 1 nitrogen and oxygen atoms in total. The van der Waals surface area contributed by atoms with Gasteiger partial charge in [0.05, 0.1) is 10.5 Å². The standard InChI is InChI=1S/C11H6Cl2F3N/c1-5-2-6(12)3-7-8(13)4-9(11(14,15)16)17-10(5)7/h2-4H,1H3. The van der Waals surface area contributed by atoms with Crippen LogP contribution >= 0.6 is 23.2 Å². The van der Waals surface area contributed by atoms with Crippen LogP contribution in [0.3, 0.4) is 0 Å². The van der Waals surface area contributed by atoms with E-state index in [9.17, 15) is 13.2 Å². The average molecular weight is 280 g/mol. The maximum Gasteiger partial charge on any atom is 0.433 e. The first-order valence-electron chi connectivity index (χ1n) is 4.62. The van der Waals surface area contributed by atoms with Crippen molar-refractivity contribution in [3.05, 3.63) is 39.5 Å². The molecule has 0 N–H and O–H groups in total. The summed E-state index contributed by atoms with van der Waals surface area (Å²) < 4.78 is 37.7. The van der Waals surface area contributed by atoms with Gasteiger partial charge >= 0.3 is 6.18 Å². The number of aromatic nitrogens is 1. The molecule has 0 fully saturated rings. The normalized spacial score (nSPS) is 12.1. The molecule has 0 saturated heterocycles. The number of hydrogen-bond acceptors (Lipinski definition) is 1. The van der Waals surface area contributed by atoms with E-state index in [0.29, 0.717) is 16.0 Å². The first-order chi connectivity index (χ1) is 7.79. The molecule has 0 aliphatic carbocycles.